The van der Waals surface area contributed by atoms with Gasteiger partial charge in [-0.1, -0.05) is 81.7 Å². The average molecular weight is 528 g/mol. The van der Waals surface area contributed by atoms with Crippen molar-refractivity contribution in [2.24, 2.45) is 0 Å². The lowest BCUT2D eigenvalue weighted by Gasteiger charge is -2.42. The number of thioether (sulfide) groups is 2. The summed E-state index contributed by atoms with van der Waals surface area (Å²) in [7, 11) is 0. The van der Waals surface area contributed by atoms with Crippen molar-refractivity contribution in [2.45, 2.75) is 165 Å². The van der Waals surface area contributed by atoms with E-state index in [2.05, 4.69) is 51.1 Å². The van der Waals surface area contributed by atoms with Crippen LogP contribution < -0.4 is 0 Å². The summed E-state index contributed by atoms with van der Waals surface area (Å²) in [4.78, 5) is 0.266. The molecule has 0 amide bonds. The molecule has 0 saturated heterocycles. The molecular weight excluding hydrogens is 483 g/mol. The van der Waals surface area contributed by atoms with E-state index in [0.29, 0.717) is 6.10 Å². The minimum atomic E-state index is 0.0592. The van der Waals surface area contributed by atoms with Gasteiger partial charge in [0, 0.05) is 27.4 Å². The van der Waals surface area contributed by atoms with Crippen LogP contribution in [0.4, 0.5) is 0 Å². The molecule has 0 radical (unpaired) electrons. The monoisotopic (exact) mass is 527 g/mol. The second-order valence-corrected chi connectivity index (χ2v) is 17.6. The van der Waals surface area contributed by atoms with Crippen molar-refractivity contribution in [3.05, 3.63) is 0 Å². The van der Waals surface area contributed by atoms with Crippen LogP contribution in [0.25, 0.3) is 0 Å². The highest BCUT2D eigenvalue weighted by Crippen LogP contribution is 2.75. The fraction of sp³-hybridized carbons (Fsp3) is 1.00. The third kappa shape index (κ3) is 5.76. The maximum atomic E-state index is 7.33. The van der Waals surface area contributed by atoms with Crippen LogP contribution in [0, 0.1) is 0 Å². The van der Waals surface area contributed by atoms with Crippen LogP contribution in [0.15, 0.2) is 0 Å². The summed E-state index contributed by atoms with van der Waals surface area (Å²) < 4.78 is 10.3. The minimum absolute atomic E-state index is 0.0592. The highest BCUT2D eigenvalue weighted by Gasteiger charge is 2.76. The number of hydrogen-bond donors (Lipinski definition) is 0. The molecular formula is C27H45NOS4. The van der Waals surface area contributed by atoms with Gasteiger partial charge in [0.1, 0.15) is 9.80 Å². The summed E-state index contributed by atoms with van der Waals surface area (Å²) in [6, 6.07) is 0. The van der Waals surface area contributed by atoms with Gasteiger partial charge in [0.2, 0.25) is 0 Å². The van der Waals surface area contributed by atoms with E-state index in [1.807, 2.05) is 0 Å². The molecule has 0 aromatic carbocycles. The molecule has 6 heteroatoms. The Labute approximate surface area is 220 Å². The summed E-state index contributed by atoms with van der Waals surface area (Å²) in [5, 5.41) is 3.43. The molecule has 2 atom stereocenters. The van der Waals surface area contributed by atoms with E-state index in [0.717, 1.165) is 21.0 Å². The number of nitrogens with zero attached hydrogens (tertiary/aromatic N) is 1. The fourth-order valence-electron chi connectivity index (χ4n) is 6.25. The number of hydrogen-bond acceptors (Lipinski definition) is 6. The Kier molecular flexibility index (Phi) is 8.19. The molecule has 6 aliphatic carbocycles. The first kappa shape index (κ1) is 24.6. The maximum Gasteiger partial charge on any atom is 0.146 e. The molecule has 0 aromatic rings. The molecule has 0 aliphatic heterocycles. The Morgan fingerprint density at radius 3 is 1.58 bits per heavy atom. The zero-order chi connectivity index (χ0) is 22.1. The van der Waals surface area contributed by atoms with Crippen molar-refractivity contribution in [2.75, 3.05) is 0 Å². The SMILES string of the molecule is C1CCC(OC2(SC3CC3)CC2(SC2CCC2)N(SC2CCCCC2)SC2CCCC2)CC1. The molecule has 6 aliphatic rings. The lowest BCUT2D eigenvalue weighted by Crippen LogP contribution is -2.40. The van der Waals surface area contributed by atoms with Crippen LogP contribution in [0.5, 0.6) is 0 Å². The highest BCUT2D eigenvalue weighted by molar-refractivity contribution is 8.14. The third-order valence-corrected chi connectivity index (χ3v) is 15.8. The predicted molar refractivity (Wildman–Crippen MR) is 150 cm³/mol. The Bertz CT molecular complexity index is 640. The topological polar surface area (TPSA) is 12.5 Å². The normalized spacial score (nSPS) is 37.0. The van der Waals surface area contributed by atoms with Gasteiger partial charge < -0.3 is 4.74 Å². The number of rotatable bonds is 11. The van der Waals surface area contributed by atoms with Gasteiger partial charge in [-0.25, -0.2) is 0 Å². The van der Waals surface area contributed by atoms with E-state index in [4.69, 9.17) is 4.74 Å². The second kappa shape index (κ2) is 11.0. The summed E-state index contributed by atoms with van der Waals surface area (Å²) in [5.74, 6) is 0. The molecule has 33 heavy (non-hydrogen) atoms. The van der Waals surface area contributed by atoms with Gasteiger partial charge in [-0.05, 0) is 64.2 Å². The zero-order valence-electron chi connectivity index (χ0n) is 20.5. The molecule has 2 nitrogen and oxygen atoms in total. The average Bonchev–Trinajstić information content (AvgIpc) is 3.67. The first-order chi connectivity index (χ1) is 16.2. The molecule has 0 aromatic heterocycles. The lowest BCUT2D eigenvalue weighted by molar-refractivity contribution is -0.00841. The van der Waals surface area contributed by atoms with E-state index in [1.54, 1.807) is 0 Å². The van der Waals surface area contributed by atoms with Crippen molar-refractivity contribution >= 4 is 47.4 Å². The molecule has 0 bridgehead atoms. The zero-order valence-corrected chi connectivity index (χ0v) is 23.8. The minimum Gasteiger partial charge on any atom is -0.358 e. The van der Waals surface area contributed by atoms with E-state index >= 15 is 0 Å². The van der Waals surface area contributed by atoms with Crippen LogP contribution in [0.1, 0.15) is 128 Å². The third-order valence-electron chi connectivity index (χ3n) is 8.79. The van der Waals surface area contributed by atoms with Gasteiger partial charge in [0.15, 0.2) is 0 Å². The molecule has 0 spiro atoms. The molecule has 0 heterocycles. The Morgan fingerprint density at radius 2 is 1.03 bits per heavy atom. The smallest absolute Gasteiger partial charge is 0.146 e. The Morgan fingerprint density at radius 1 is 0.515 bits per heavy atom. The Balaban J connectivity index is 1.27. The van der Waals surface area contributed by atoms with Crippen molar-refractivity contribution < 1.29 is 4.74 Å². The standard InChI is InChI=1S/C27H45NOS4/c1-3-10-21(11-4-1)29-27(31-23-18-19-23)20-26(27,30-22-16-9-17-22)28(33-25-14-7-8-15-25)32-24-12-5-2-6-13-24/h21-25H,1-20H2. The summed E-state index contributed by atoms with van der Waals surface area (Å²) in [5.41, 5.74) is 0. The first-order valence-electron chi connectivity index (χ1n) is 14.4. The molecule has 6 rings (SSSR count). The van der Waals surface area contributed by atoms with Crippen LogP contribution in [0.2, 0.25) is 0 Å². The fourth-order valence-corrected chi connectivity index (χ4v) is 14.0. The van der Waals surface area contributed by atoms with Crippen LogP contribution >= 0.6 is 47.4 Å². The van der Waals surface area contributed by atoms with Gasteiger partial charge in [-0.2, -0.15) is 3.71 Å². The molecule has 6 fully saturated rings. The quantitative estimate of drug-likeness (QED) is 0.195. The largest absolute Gasteiger partial charge is 0.358 e. The molecule has 188 valence electrons. The van der Waals surface area contributed by atoms with E-state index in [1.165, 1.54) is 128 Å². The van der Waals surface area contributed by atoms with E-state index < -0.39 is 0 Å². The lowest BCUT2D eigenvalue weighted by atomic mass is 9.98. The summed E-state index contributed by atoms with van der Waals surface area (Å²) >= 11 is 9.25. The highest BCUT2D eigenvalue weighted by atomic mass is 32.2. The van der Waals surface area contributed by atoms with Crippen molar-refractivity contribution in [1.82, 2.24) is 3.71 Å². The molecule has 2 unspecified atom stereocenters. The van der Waals surface area contributed by atoms with Gasteiger partial charge in [-0.3, -0.25) is 0 Å². The van der Waals surface area contributed by atoms with E-state index in [9.17, 15) is 0 Å². The van der Waals surface area contributed by atoms with Gasteiger partial charge in [-0.15, -0.1) is 23.5 Å². The van der Waals surface area contributed by atoms with Crippen molar-refractivity contribution in [3.8, 4) is 0 Å². The summed E-state index contributed by atoms with van der Waals surface area (Å²) in [6.45, 7) is 0. The van der Waals surface area contributed by atoms with Crippen molar-refractivity contribution in [1.29, 1.82) is 0 Å². The van der Waals surface area contributed by atoms with Crippen LogP contribution in [-0.2, 0) is 4.74 Å². The second-order valence-electron chi connectivity index (χ2n) is 11.7. The van der Waals surface area contributed by atoms with Crippen molar-refractivity contribution in [3.63, 3.8) is 0 Å². The van der Waals surface area contributed by atoms with Gasteiger partial charge >= 0.3 is 0 Å². The van der Waals surface area contributed by atoms with Crippen LogP contribution in [-0.4, -0.2) is 40.6 Å². The molecule has 0 N–H and O–H groups in total. The maximum absolute atomic E-state index is 7.33. The number of ether oxygens (including phenoxy) is 1. The summed E-state index contributed by atoms with van der Waals surface area (Å²) in [6.07, 6.45) is 28.8. The van der Waals surface area contributed by atoms with Crippen LogP contribution in [0.3, 0.4) is 0 Å². The van der Waals surface area contributed by atoms with Gasteiger partial charge in [0.05, 0.1) is 6.10 Å². The van der Waals surface area contributed by atoms with E-state index in [-0.39, 0.29) is 9.80 Å². The predicted octanol–water partition coefficient (Wildman–Crippen LogP) is 9.19. The first-order valence-corrected chi connectivity index (χ1v) is 17.9. The molecule has 6 saturated carbocycles. The Hall–Kier alpha value is 1.32. The van der Waals surface area contributed by atoms with Gasteiger partial charge in [0.25, 0.3) is 0 Å².